The zero-order chi connectivity index (χ0) is 14.2. The van der Waals surface area contributed by atoms with Gasteiger partial charge in [0, 0.05) is 17.2 Å². The van der Waals surface area contributed by atoms with Gasteiger partial charge >= 0.3 is 5.97 Å². The van der Waals surface area contributed by atoms with Crippen LogP contribution < -0.4 is 0 Å². The van der Waals surface area contributed by atoms with Gasteiger partial charge in [-0.05, 0) is 6.07 Å². The van der Waals surface area contributed by atoms with Crippen molar-refractivity contribution in [2.75, 3.05) is 0 Å². The van der Waals surface area contributed by atoms with Crippen LogP contribution in [0.2, 0.25) is 0 Å². The van der Waals surface area contributed by atoms with E-state index in [9.17, 15) is 14.3 Å². The standard InChI is InChI=1S/C13H13FN2O2S/c1-13(2,3)10-9(12(17)18)19-11(16-10)7-4-5-15-6-8(7)14/h4-6H,1-3H3,(H,17,18). The van der Waals surface area contributed by atoms with E-state index in [1.54, 1.807) is 0 Å². The van der Waals surface area contributed by atoms with Crippen molar-refractivity contribution in [2.45, 2.75) is 26.2 Å². The van der Waals surface area contributed by atoms with Gasteiger partial charge in [0.05, 0.1) is 11.9 Å². The summed E-state index contributed by atoms with van der Waals surface area (Å²) in [6, 6.07) is 1.49. The zero-order valence-corrected chi connectivity index (χ0v) is 11.6. The number of rotatable bonds is 2. The van der Waals surface area contributed by atoms with Gasteiger partial charge in [0.15, 0.2) is 5.82 Å². The molecule has 2 aromatic heterocycles. The number of hydrogen-bond acceptors (Lipinski definition) is 4. The van der Waals surface area contributed by atoms with E-state index in [2.05, 4.69) is 9.97 Å². The van der Waals surface area contributed by atoms with E-state index < -0.39 is 17.2 Å². The average Bonchev–Trinajstić information content (AvgIpc) is 2.74. The molecule has 0 aliphatic heterocycles. The minimum atomic E-state index is -1.04. The summed E-state index contributed by atoms with van der Waals surface area (Å²) in [7, 11) is 0. The van der Waals surface area contributed by atoms with Crippen molar-refractivity contribution in [3.8, 4) is 10.6 Å². The van der Waals surface area contributed by atoms with Crippen molar-refractivity contribution in [3.05, 3.63) is 34.8 Å². The maximum atomic E-state index is 13.7. The third-order valence-corrected chi connectivity index (χ3v) is 3.61. The van der Waals surface area contributed by atoms with Crippen LogP contribution in [0.4, 0.5) is 4.39 Å². The van der Waals surface area contributed by atoms with Gasteiger partial charge in [0.2, 0.25) is 0 Å². The summed E-state index contributed by atoms with van der Waals surface area (Å²) in [6.45, 7) is 5.63. The maximum Gasteiger partial charge on any atom is 0.347 e. The highest BCUT2D eigenvalue weighted by Crippen LogP contribution is 2.35. The molecule has 0 saturated carbocycles. The van der Waals surface area contributed by atoms with E-state index in [1.165, 1.54) is 12.3 Å². The third-order valence-electron chi connectivity index (χ3n) is 2.53. The van der Waals surface area contributed by atoms with Crippen LogP contribution in [-0.4, -0.2) is 21.0 Å². The Balaban J connectivity index is 2.62. The van der Waals surface area contributed by atoms with Gasteiger partial charge in [0.25, 0.3) is 0 Å². The number of carbonyl (C=O) groups is 1. The summed E-state index contributed by atoms with van der Waals surface area (Å²) in [5.74, 6) is -1.54. The number of hydrogen-bond donors (Lipinski definition) is 1. The van der Waals surface area contributed by atoms with Gasteiger partial charge < -0.3 is 5.11 Å². The molecule has 0 spiro atoms. The van der Waals surface area contributed by atoms with Gasteiger partial charge in [-0.3, -0.25) is 4.98 Å². The summed E-state index contributed by atoms with van der Waals surface area (Å²) < 4.78 is 13.7. The Labute approximate surface area is 114 Å². The lowest BCUT2D eigenvalue weighted by Crippen LogP contribution is -2.16. The number of carboxylic acids is 1. The van der Waals surface area contributed by atoms with Crippen molar-refractivity contribution >= 4 is 17.3 Å². The molecule has 19 heavy (non-hydrogen) atoms. The highest BCUT2D eigenvalue weighted by atomic mass is 32.1. The van der Waals surface area contributed by atoms with Gasteiger partial charge in [-0.15, -0.1) is 11.3 Å². The molecule has 0 saturated heterocycles. The SMILES string of the molecule is CC(C)(C)c1nc(-c2ccncc2F)sc1C(=O)O. The van der Waals surface area contributed by atoms with Crippen LogP contribution >= 0.6 is 11.3 Å². The number of aromatic nitrogens is 2. The average molecular weight is 280 g/mol. The summed E-state index contributed by atoms with van der Waals surface area (Å²) in [6.07, 6.45) is 2.55. The van der Waals surface area contributed by atoms with Crippen LogP contribution in [0.5, 0.6) is 0 Å². The van der Waals surface area contributed by atoms with Gasteiger partial charge in [-0.1, -0.05) is 20.8 Å². The fourth-order valence-electron chi connectivity index (χ4n) is 1.64. The van der Waals surface area contributed by atoms with Gasteiger partial charge in [-0.25, -0.2) is 14.2 Å². The van der Waals surface area contributed by atoms with E-state index in [0.717, 1.165) is 17.5 Å². The molecule has 100 valence electrons. The molecule has 1 N–H and O–H groups in total. The van der Waals surface area contributed by atoms with Crippen LogP contribution in [0.1, 0.15) is 36.1 Å². The van der Waals surface area contributed by atoms with Crippen LogP contribution in [0, 0.1) is 5.82 Å². The molecule has 0 fully saturated rings. The number of nitrogens with zero attached hydrogens (tertiary/aromatic N) is 2. The highest BCUT2D eigenvalue weighted by molar-refractivity contribution is 7.17. The second-order valence-electron chi connectivity index (χ2n) is 5.11. The van der Waals surface area contributed by atoms with Crippen LogP contribution in [0.15, 0.2) is 18.5 Å². The summed E-state index contributed by atoms with van der Waals surface area (Å²) in [4.78, 5) is 19.4. The molecule has 6 heteroatoms. The third kappa shape index (κ3) is 2.63. The van der Waals surface area contributed by atoms with Crippen molar-refractivity contribution in [2.24, 2.45) is 0 Å². The largest absolute Gasteiger partial charge is 0.477 e. The van der Waals surface area contributed by atoms with E-state index in [0.29, 0.717) is 10.7 Å². The lowest BCUT2D eigenvalue weighted by Gasteiger charge is -2.16. The van der Waals surface area contributed by atoms with Crippen LogP contribution in [0.25, 0.3) is 10.6 Å². The smallest absolute Gasteiger partial charge is 0.347 e. The molecule has 0 aliphatic rings. The zero-order valence-electron chi connectivity index (χ0n) is 10.8. The van der Waals surface area contributed by atoms with E-state index in [-0.39, 0.29) is 10.4 Å². The summed E-state index contributed by atoms with van der Waals surface area (Å²) in [5.41, 5.74) is 0.334. The molecule has 4 nitrogen and oxygen atoms in total. The number of pyridine rings is 1. The Morgan fingerprint density at radius 2 is 2.11 bits per heavy atom. The minimum Gasteiger partial charge on any atom is -0.477 e. The van der Waals surface area contributed by atoms with Crippen LogP contribution in [-0.2, 0) is 5.41 Å². The fourth-order valence-corrected chi connectivity index (χ4v) is 2.78. The number of aromatic carboxylic acids is 1. The normalized spacial score (nSPS) is 11.6. The molecule has 0 amide bonds. The molecule has 2 rings (SSSR count). The predicted octanol–water partition coefficient (Wildman–Crippen LogP) is 3.34. The van der Waals surface area contributed by atoms with E-state index in [4.69, 9.17) is 0 Å². The quantitative estimate of drug-likeness (QED) is 0.916. The van der Waals surface area contributed by atoms with E-state index in [1.807, 2.05) is 20.8 Å². The first-order chi connectivity index (χ1) is 8.80. The van der Waals surface area contributed by atoms with Gasteiger partial charge in [-0.2, -0.15) is 0 Å². The molecular weight excluding hydrogens is 267 g/mol. The van der Waals surface area contributed by atoms with Gasteiger partial charge in [0.1, 0.15) is 9.88 Å². The topological polar surface area (TPSA) is 63.1 Å². The Hall–Kier alpha value is -1.82. The first-order valence-electron chi connectivity index (χ1n) is 5.65. The fraction of sp³-hybridized carbons (Fsp3) is 0.308. The highest BCUT2D eigenvalue weighted by Gasteiger charge is 2.27. The second kappa shape index (κ2) is 4.70. The van der Waals surface area contributed by atoms with Crippen molar-refractivity contribution in [1.82, 2.24) is 9.97 Å². The molecule has 0 aliphatic carbocycles. The summed E-state index contributed by atoms with van der Waals surface area (Å²) >= 11 is 0.983. The molecule has 2 aromatic rings. The molecule has 0 unspecified atom stereocenters. The Bertz CT molecular complexity index is 632. The molecule has 0 radical (unpaired) electrons. The van der Waals surface area contributed by atoms with Crippen molar-refractivity contribution in [1.29, 1.82) is 0 Å². The molecular formula is C13H13FN2O2S. The Kier molecular flexibility index (Phi) is 3.36. The lowest BCUT2D eigenvalue weighted by atomic mass is 9.91. The number of thiazole rings is 1. The number of carboxylic acid groups (broad SMARTS) is 1. The van der Waals surface area contributed by atoms with Crippen LogP contribution in [0.3, 0.4) is 0 Å². The first-order valence-corrected chi connectivity index (χ1v) is 6.47. The minimum absolute atomic E-state index is 0.152. The number of halogens is 1. The van der Waals surface area contributed by atoms with E-state index >= 15 is 0 Å². The summed E-state index contributed by atoms with van der Waals surface area (Å²) in [5, 5.41) is 9.59. The molecule has 0 bridgehead atoms. The maximum absolute atomic E-state index is 13.7. The molecule has 0 aromatic carbocycles. The lowest BCUT2D eigenvalue weighted by molar-refractivity contribution is 0.0699. The molecule has 0 atom stereocenters. The predicted molar refractivity (Wildman–Crippen MR) is 71.0 cm³/mol. The first kappa shape index (κ1) is 13.6. The Morgan fingerprint density at radius 1 is 1.42 bits per heavy atom. The monoisotopic (exact) mass is 280 g/mol. The molecule has 2 heterocycles. The van der Waals surface area contributed by atoms with Crippen molar-refractivity contribution < 1.29 is 14.3 Å². The second-order valence-corrected chi connectivity index (χ2v) is 6.11. The Morgan fingerprint density at radius 3 is 2.58 bits per heavy atom. The van der Waals surface area contributed by atoms with Crippen molar-refractivity contribution in [3.63, 3.8) is 0 Å².